The van der Waals surface area contributed by atoms with E-state index in [0.717, 1.165) is 29.6 Å². The van der Waals surface area contributed by atoms with E-state index in [2.05, 4.69) is 21.1 Å². The molecule has 2 aromatic carbocycles. The van der Waals surface area contributed by atoms with Crippen molar-refractivity contribution in [3.8, 4) is 0 Å². The van der Waals surface area contributed by atoms with Crippen LogP contribution in [0.3, 0.4) is 0 Å². The van der Waals surface area contributed by atoms with E-state index in [-0.39, 0.29) is 5.91 Å². The van der Waals surface area contributed by atoms with Gasteiger partial charge in [-0.25, -0.2) is 13.4 Å². The van der Waals surface area contributed by atoms with Crippen LogP contribution in [0, 0.1) is 0 Å². The summed E-state index contributed by atoms with van der Waals surface area (Å²) in [6.07, 6.45) is 2.66. The highest BCUT2D eigenvalue weighted by molar-refractivity contribution is 7.92. The molecule has 0 bridgehead atoms. The minimum Gasteiger partial charge on any atom is -0.352 e. The molecule has 0 fully saturated rings. The van der Waals surface area contributed by atoms with Gasteiger partial charge >= 0.3 is 0 Å². The van der Waals surface area contributed by atoms with Crippen LogP contribution in [0.15, 0.2) is 48.5 Å². The van der Waals surface area contributed by atoms with Gasteiger partial charge in [0.25, 0.3) is 5.91 Å². The predicted octanol–water partition coefficient (Wildman–Crippen LogP) is 3.03. The van der Waals surface area contributed by atoms with Gasteiger partial charge in [-0.15, -0.1) is 11.3 Å². The summed E-state index contributed by atoms with van der Waals surface area (Å²) in [7, 11) is -3.37. The molecule has 0 aliphatic carbocycles. The van der Waals surface area contributed by atoms with E-state index in [4.69, 9.17) is 0 Å². The molecule has 6 nitrogen and oxygen atoms in total. The molecule has 0 aliphatic heterocycles. The minimum absolute atomic E-state index is 0.230. The second kappa shape index (κ2) is 7.84. The Kier molecular flexibility index (Phi) is 5.53. The summed E-state index contributed by atoms with van der Waals surface area (Å²) in [5.74, 6) is -0.230. The molecule has 0 unspecified atom stereocenters. The van der Waals surface area contributed by atoms with Gasteiger partial charge in [0, 0.05) is 24.2 Å². The number of thiazole rings is 1. The van der Waals surface area contributed by atoms with Gasteiger partial charge in [0.1, 0.15) is 0 Å². The molecule has 0 saturated carbocycles. The Morgan fingerprint density at radius 1 is 1.15 bits per heavy atom. The number of carbonyl (C=O) groups is 1. The van der Waals surface area contributed by atoms with Crippen LogP contribution in [0.5, 0.6) is 0 Å². The zero-order valence-corrected chi connectivity index (χ0v) is 15.9. The van der Waals surface area contributed by atoms with E-state index in [1.54, 1.807) is 29.5 Å². The molecule has 136 valence electrons. The SMILES string of the molecule is CS(=O)(=O)Nc1cccc(C(=O)NCCCc2nc3ccccc3s2)c1. The molecule has 0 atom stereocenters. The van der Waals surface area contributed by atoms with Crippen molar-refractivity contribution in [2.75, 3.05) is 17.5 Å². The Labute approximate surface area is 156 Å². The maximum atomic E-state index is 12.2. The van der Waals surface area contributed by atoms with E-state index in [1.807, 2.05) is 18.2 Å². The molecule has 3 rings (SSSR count). The number of hydrogen-bond donors (Lipinski definition) is 2. The van der Waals surface area contributed by atoms with E-state index in [9.17, 15) is 13.2 Å². The highest BCUT2D eigenvalue weighted by Gasteiger charge is 2.08. The summed E-state index contributed by atoms with van der Waals surface area (Å²) in [4.78, 5) is 16.8. The Bertz CT molecular complexity index is 996. The Morgan fingerprint density at radius 2 is 1.96 bits per heavy atom. The summed E-state index contributed by atoms with van der Waals surface area (Å²) in [6.45, 7) is 0.526. The molecule has 0 saturated heterocycles. The third kappa shape index (κ3) is 5.03. The summed E-state index contributed by atoms with van der Waals surface area (Å²) in [5, 5.41) is 3.91. The van der Waals surface area contributed by atoms with Crippen molar-refractivity contribution >= 4 is 43.2 Å². The number of rotatable bonds is 7. The molecule has 0 spiro atoms. The van der Waals surface area contributed by atoms with Gasteiger partial charge in [-0.05, 0) is 36.8 Å². The van der Waals surface area contributed by atoms with Gasteiger partial charge in [0.05, 0.1) is 21.5 Å². The molecule has 3 aromatic rings. The summed E-state index contributed by atoms with van der Waals surface area (Å²) < 4.78 is 26.1. The van der Waals surface area contributed by atoms with E-state index < -0.39 is 10.0 Å². The lowest BCUT2D eigenvalue weighted by molar-refractivity contribution is 0.0953. The second-order valence-electron chi connectivity index (χ2n) is 5.89. The largest absolute Gasteiger partial charge is 0.352 e. The molecule has 2 N–H and O–H groups in total. The number of nitrogens with one attached hydrogen (secondary N) is 2. The zero-order valence-electron chi connectivity index (χ0n) is 14.2. The quantitative estimate of drug-likeness (QED) is 0.608. The third-order valence-electron chi connectivity index (χ3n) is 3.62. The highest BCUT2D eigenvalue weighted by Crippen LogP contribution is 2.22. The summed E-state index contributed by atoms with van der Waals surface area (Å²) in [6, 6.07) is 14.4. The van der Waals surface area contributed by atoms with Crippen LogP contribution in [-0.4, -0.2) is 32.1 Å². The Morgan fingerprint density at radius 3 is 2.73 bits per heavy atom. The minimum atomic E-state index is -3.37. The first kappa shape index (κ1) is 18.3. The fourth-order valence-electron chi connectivity index (χ4n) is 2.51. The van der Waals surface area contributed by atoms with Crippen LogP contribution in [0.4, 0.5) is 5.69 Å². The van der Waals surface area contributed by atoms with Gasteiger partial charge in [0.15, 0.2) is 0 Å². The number of aryl methyl sites for hydroxylation is 1. The number of aromatic nitrogens is 1. The number of benzene rings is 2. The number of nitrogens with zero attached hydrogens (tertiary/aromatic N) is 1. The van der Waals surface area contributed by atoms with Crippen LogP contribution < -0.4 is 10.0 Å². The normalized spacial score (nSPS) is 11.4. The number of anilines is 1. The Balaban J connectivity index is 1.51. The number of hydrogen-bond acceptors (Lipinski definition) is 5. The van der Waals surface area contributed by atoms with Gasteiger partial charge in [-0.1, -0.05) is 18.2 Å². The standard InChI is InChI=1S/C18H19N3O3S2/c1-26(23,24)21-14-7-4-6-13(12-14)18(22)19-11-5-10-17-20-15-8-2-3-9-16(15)25-17/h2-4,6-9,12,21H,5,10-11H2,1H3,(H,19,22). The fourth-order valence-corrected chi connectivity index (χ4v) is 4.07. The van der Waals surface area contributed by atoms with Crippen molar-refractivity contribution in [1.82, 2.24) is 10.3 Å². The number of sulfonamides is 1. The number of para-hydroxylation sites is 1. The van der Waals surface area contributed by atoms with Gasteiger partial charge < -0.3 is 5.32 Å². The molecule has 1 aromatic heterocycles. The molecule has 8 heteroatoms. The number of amides is 1. The van der Waals surface area contributed by atoms with Gasteiger partial charge in [-0.3, -0.25) is 9.52 Å². The average Bonchev–Trinajstić information content (AvgIpc) is 3.00. The van der Waals surface area contributed by atoms with Crippen molar-refractivity contribution in [2.24, 2.45) is 0 Å². The van der Waals surface area contributed by atoms with Crippen LogP contribution in [0.2, 0.25) is 0 Å². The van der Waals surface area contributed by atoms with Crippen LogP contribution in [-0.2, 0) is 16.4 Å². The fraction of sp³-hybridized carbons (Fsp3) is 0.222. The molecule has 1 amide bonds. The Hall–Kier alpha value is -2.45. The number of fused-ring (bicyclic) bond motifs is 1. The first-order valence-corrected chi connectivity index (χ1v) is 10.8. The monoisotopic (exact) mass is 389 g/mol. The van der Waals surface area contributed by atoms with E-state index in [0.29, 0.717) is 17.8 Å². The summed E-state index contributed by atoms with van der Waals surface area (Å²) >= 11 is 1.67. The lowest BCUT2D eigenvalue weighted by atomic mass is 10.2. The summed E-state index contributed by atoms with van der Waals surface area (Å²) in [5.41, 5.74) is 1.79. The van der Waals surface area contributed by atoms with Crippen molar-refractivity contribution < 1.29 is 13.2 Å². The van der Waals surface area contributed by atoms with Crippen LogP contribution in [0.25, 0.3) is 10.2 Å². The lowest BCUT2D eigenvalue weighted by Gasteiger charge is -2.07. The molecule has 26 heavy (non-hydrogen) atoms. The maximum absolute atomic E-state index is 12.2. The van der Waals surface area contributed by atoms with Gasteiger partial charge in [0.2, 0.25) is 10.0 Å². The topological polar surface area (TPSA) is 88.2 Å². The van der Waals surface area contributed by atoms with E-state index in [1.165, 1.54) is 10.8 Å². The molecular formula is C18H19N3O3S2. The van der Waals surface area contributed by atoms with Crippen molar-refractivity contribution in [3.05, 3.63) is 59.1 Å². The second-order valence-corrected chi connectivity index (χ2v) is 8.75. The predicted molar refractivity (Wildman–Crippen MR) is 105 cm³/mol. The molecule has 0 aliphatic rings. The zero-order chi connectivity index (χ0) is 18.6. The third-order valence-corrected chi connectivity index (χ3v) is 5.32. The smallest absolute Gasteiger partial charge is 0.251 e. The molecule has 1 heterocycles. The molecular weight excluding hydrogens is 370 g/mol. The van der Waals surface area contributed by atoms with Crippen LogP contribution >= 0.6 is 11.3 Å². The number of carbonyl (C=O) groups excluding carboxylic acids is 1. The maximum Gasteiger partial charge on any atom is 0.251 e. The van der Waals surface area contributed by atoms with E-state index >= 15 is 0 Å². The average molecular weight is 390 g/mol. The van der Waals surface area contributed by atoms with Gasteiger partial charge in [-0.2, -0.15) is 0 Å². The first-order chi connectivity index (χ1) is 12.4. The lowest BCUT2D eigenvalue weighted by Crippen LogP contribution is -2.25. The van der Waals surface area contributed by atoms with Crippen molar-refractivity contribution in [1.29, 1.82) is 0 Å². The van der Waals surface area contributed by atoms with Crippen molar-refractivity contribution in [2.45, 2.75) is 12.8 Å². The first-order valence-electron chi connectivity index (χ1n) is 8.11. The van der Waals surface area contributed by atoms with Crippen molar-refractivity contribution in [3.63, 3.8) is 0 Å². The van der Waals surface area contributed by atoms with Crippen LogP contribution in [0.1, 0.15) is 21.8 Å². The molecule has 0 radical (unpaired) electrons. The highest BCUT2D eigenvalue weighted by atomic mass is 32.2.